The minimum atomic E-state index is -5.09. The molecule has 1 amide bonds. The Bertz CT molecular complexity index is 1300. The summed E-state index contributed by atoms with van der Waals surface area (Å²) in [4.78, 5) is 19.3. The van der Waals surface area contributed by atoms with Gasteiger partial charge in [0.15, 0.2) is 11.6 Å². The summed E-state index contributed by atoms with van der Waals surface area (Å²) >= 11 is 0. The van der Waals surface area contributed by atoms with Crippen molar-refractivity contribution in [2.45, 2.75) is 30.4 Å². The highest BCUT2D eigenvalue weighted by atomic mass is 19.4. The predicted octanol–water partition coefficient (Wildman–Crippen LogP) is 4.60. The summed E-state index contributed by atoms with van der Waals surface area (Å²) in [5.74, 6) is -1.58. The van der Waals surface area contributed by atoms with Crippen LogP contribution in [0.25, 0.3) is 0 Å². The number of methoxy groups -OCH3 is 3. The van der Waals surface area contributed by atoms with Gasteiger partial charge < -0.3 is 23.8 Å². The Morgan fingerprint density at radius 3 is 2.11 bits per heavy atom. The number of benzene rings is 2. The van der Waals surface area contributed by atoms with Crippen LogP contribution < -0.4 is 4.74 Å². The third kappa shape index (κ3) is 8.88. The smallest absolute Gasteiger partial charge is 0.416 e. The number of hydrogen-bond acceptors (Lipinski definition) is 7. The van der Waals surface area contributed by atoms with Crippen molar-refractivity contribution in [1.82, 2.24) is 14.7 Å². The van der Waals surface area contributed by atoms with E-state index in [1.54, 1.807) is 14.2 Å². The third-order valence-corrected chi connectivity index (χ3v) is 8.22. The zero-order valence-corrected chi connectivity index (χ0v) is 25.8. The van der Waals surface area contributed by atoms with E-state index in [4.69, 9.17) is 18.9 Å². The molecule has 8 nitrogen and oxygen atoms in total. The molecule has 0 bridgehead atoms. The van der Waals surface area contributed by atoms with Gasteiger partial charge in [-0.05, 0) is 42.3 Å². The molecule has 2 aromatic rings. The normalized spacial score (nSPS) is 19.8. The highest BCUT2D eigenvalue weighted by Crippen LogP contribution is 2.37. The van der Waals surface area contributed by atoms with Crippen LogP contribution in [0.4, 0.5) is 30.7 Å². The van der Waals surface area contributed by atoms with Crippen LogP contribution in [0.3, 0.4) is 0 Å². The minimum absolute atomic E-state index is 0.00339. The summed E-state index contributed by atoms with van der Waals surface area (Å²) < 4.78 is 117. The molecule has 2 heterocycles. The van der Waals surface area contributed by atoms with Crippen LogP contribution >= 0.6 is 0 Å². The molecule has 0 aromatic heterocycles. The molecular weight excluding hydrogens is 627 g/mol. The molecule has 1 atom stereocenters. The van der Waals surface area contributed by atoms with Crippen molar-refractivity contribution < 1.29 is 54.5 Å². The fraction of sp³-hybridized carbons (Fsp3) is 0.581. The van der Waals surface area contributed by atoms with Gasteiger partial charge in [-0.2, -0.15) is 26.3 Å². The molecule has 0 spiro atoms. The molecule has 2 aliphatic heterocycles. The van der Waals surface area contributed by atoms with Gasteiger partial charge in [-0.1, -0.05) is 6.07 Å². The first kappa shape index (κ1) is 35.9. The predicted molar refractivity (Wildman–Crippen MR) is 153 cm³/mol. The van der Waals surface area contributed by atoms with Crippen LogP contribution in [0.2, 0.25) is 0 Å². The Morgan fingerprint density at radius 2 is 1.52 bits per heavy atom. The number of alkyl halides is 6. The monoisotopic (exact) mass is 665 g/mol. The van der Waals surface area contributed by atoms with Gasteiger partial charge >= 0.3 is 12.4 Å². The van der Waals surface area contributed by atoms with Gasteiger partial charge in [0.05, 0.1) is 38.1 Å². The van der Waals surface area contributed by atoms with Gasteiger partial charge in [-0.15, -0.1) is 0 Å². The second kappa shape index (κ2) is 14.8. The number of hydrogen-bond donors (Lipinski definition) is 0. The largest absolute Gasteiger partial charge is 0.494 e. The van der Waals surface area contributed by atoms with Gasteiger partial charge in [-0.25, -0.2) is 4.39 Å². The van der Waals surface area contributed by atoms with E-state index in [-0.39, 0.29) is 31.3 Å². The first-order valence-electron chi connectivity index (χ1n) is 14.7. The number of amides is 1. The van der Waals surface area contributed by atoms with Crippen LogP contribution in [-0.2, 0) is 33.0 Å². The first-order valence-corrected chi connectivity index (χ1v) is 14.7. The zero-order valence-electron chi connectivity index (χ0n) is 25.8. The van der Waals surface area contributed by atoms with E-state index in [0.29, 0.717) is 70.2 Å². The van der Waals surface area contributed by atoms with Crippen LogP contribution in [0.1, 0.15) is 27.0 Å². The molecule has 0 unspecified atom stereocenters. The van der Waals surface area contributed by atoms with Crippen molar-refractivity contribution in [3.8, 4) is 5.75 Å². The lowest BCUT2D eigenvalue weighted by molar-refractivity contribution is -0.164. The van der Waals surface area contributed by atoms with E-state index < -0.39 is 52.4 Å². The number of halogens is 7. The van der Waals surface area contributed by atoms with Gasteiger partial charge in [0, 0.05) is 71.6 Å². The zero-order chi connectivity index (χ0) is 33.7. The SMILES string of the molecule is COCC1(COC)CN(CCN2CCN(C(=O)c3cc(C(F)(F)F)cc(C(F)(F)F)c3)[C@H](Cc3ccc(F)c(OC)c3)C2)CCO1. The number of nitrogens with zero attached hydrogens (tertiary/aromatic N) is 3. The van der Waals surface area contributed by atoms with Gasteiger partial charge in [0.25, 0.3) is 5.91 Å². The topological polar surface area (TPSA) is 63.7 Å². The number of carbonyl (C=O) groups is 1. The highest BCUT2D eigenvalue weighted by Gasteiger charge is 2.40. The molecule has 46 heavy (non-hydrogen) atoms. The summed E-state index contributed by atoms with van der Waals surface area (Å²) in [5, 5.41) is 0. The van der Waals surface area contributed by atoms with E-state index in [2.05, 4.69) is 9.80 Å². The lowest BCUT2D eigenvalue weighted by Gasteiger charge is -2.44. The highest BCUT2D eigenvalue weighted by molar-refractivity contribution is 5.95. The Balaban J connectivity index is 1.57. The van der Waals surface area contributed by atoms with Crippen molar-refractivity contribution in [2.24, 2.45) is 0 Å². The number of rotatable bonds is 11. The quantitative estimate of drug-likeness (QED) is 0.325. The summed E-state index contributed by atoms with van der Waals surface area (Å²) in [7, 11) is 4.47. The first-order chi connectivity index (χ1) is 21.7. The van der Waals surface area contributed by atoms with Crippen molar-refractivity contribution in [3.05, 3.63) is 64.5 Å². The van der Waals surface area contributed by atoms with Crippen molar-refractivity contribution >= 4 is 5.91 Å². The molecule has 2 fully saturated rings. The fourth-order valence-electron chi connectivity index (χ4n) is 6.05. The molecule has 0 N–H and O–H groups in total. The van der Waals surface area contributed by atoms with Crippen LogP contribution in [0.15, 0.2) is 36.4 Å². The molecule has 0 aliphatic carbocycles. The summed E-state index contributed by atoms with van der Waals surface area (Å²) in [5.41, 5.74) is -3.88. The molecule has 15 heteroatoms. The third-order valence-electron chi connectivity index (χ3n) is 8.22. The molecule has 4 rings (SSSR count). The summed E-state index contributed by atoms with van der Waals surface area (Å²) in [6.45, 7) is 4.26. The van der Waals surface area contributed by atoms with E-state index in [0.717, 1.165) is 0 Å². The van der Waals surface area contributed by atoms with Crippen LogP contribution in [-0.4, -0.2) is 119 Å². The maximum atomic E-state index is 14.1. The van der Waals surface area contributed by atoms with E-state index in [1.165, 1.54) is 30.2 Å². The van der Waals surface area contributed by atoms with Crippen molar-refractivity contribution in [3.63, 3.8) is 0 Å². The Hall–Kier alpha value is -2.98. The second-order valence-electron chi connectivity index (χ2n) is 11.6. The Kier molecular flexibility index (Phi) is 11.6. The maximum Gasteiger partial charge on any atom is 0.416 e. The van der Waals surface area contributed by atoms with E-state index in [9.17, 15) is 35.5 Å². The van der Waals surface area contributed by atoms with Gasteiger partial charge in [-0.3, -0.25) is 14.6 Å². The molecule has 0 saturated carbocycles. The summed E-state index contributed by atoms with van der Waals surface area (Å²) in [6, 6.07) is 4.42. The average Bonchev–Trinajstić information content (AvgIpc) is 3.00. The Morgan fingerprint density at radius 1 is 0.891 bits per heavy atom. The molecule has 256 valence electrons. The van der Waals surface area contributed by atoms with Gasteiger partial charge in [0.1, 0.15) is 5.60 Å². The van der Waals surface area contributed by atoms with Crippen LogP contribution in [0.5, 0.6) is 5.75 Å². The Labute approximate surface area is 262 Å². The lowest BCUT2D eigenvalue weighted by atomic mass is 9.98. The molecule has 2 aromatic carbocycles. The van der Waals surface area contributed by atoms with Crippen molar-refractivity contribution in [2.75, 3.05) is 87.0 Å². The molecule has 0 radical (unpaired) electrons. The average molecular weight is 666 g/mol. The lowest BCUT2D eigenvalue weighted by Crippen LogP contribution is -2.59. The number of piperazine rings is 1. The maximum absolute atomic E-state index is 14.1. The van der Waals surface area contributed by atoms with Crippen molar-refractivity contribution in [1.29, 1.82) is 0 Å². The molecular formula is C31H38F7N3O5. The fourth-order valence-corrected chi connectivity index (χ4v) is 6.05. The number of ether oxygens (including phenoxy) is 4. The molecule has 2 saturated heterocycles. The number of carbonyl (C=O) groups excluding carboxylic acids is 1. The summed E-state index contributed by atoms with van der Waals surface area (Å²) in [6.07, 6.45) is -10.0. The van der Waals surface area contributed by atoms with E-state index >= 15 is 0 Å². The van der Waals surface area contributed by atoms with Gasteiger partial charge in [0.2, 0.25) is 0 Å². The number of morpholine rings is 1. The minimum Gasteiger partial charge on any atom is -0.494 e. The van der Waals surface area contributed by atoms with E-state index in [1.807, 2.05) is 0 Å². The second-order valence-corrected chi connectivity index (χ2v) is 11.6. The molecule has 2 aliphatic rings. The van der Waals surface area contributed by atoms with Crippen LogP contribution in [0, 0.1) is 5.82 Å². The standard InChI is InChI=1S/C31H38F7N3O5/c1-43-19-29(20-44-2)18-40(10-11-46-29)7-6-39-8-9-41(25(17-39)12-21-4-5-26(32)27(13-21)45-3)28(42)22-14-23(30(33,34)35)16-24(15-22)31(36,37)38/h4-5,13-16,25H,6-12,17-20H2,1-3H3/t25-/m1/s1.